The summed E-state index contributed by atoms with van der Waals surface area (Å²) in [6.07, 6.45) is 0.235. The number of ether oxygens (including phenoxy) is 1. The van der Waals surface area contributed by atoms with Gasteiger partial charge >= 0.3 is 5.97 Å². The van der Waals surface area contributed by atoms with Crippen molar-refractivity contribution in [2.45, 2.75) is 25.0 Å². The lowest BCUT2D eigenvalue weighted by Gasteiger charge is -2.11. The molecular weight excluding hydrogens is 160 g/mol. The van der Waals surface area contributed by atoms with E-state index in [1.165, 1.54) is 7.11 Å². The summed E-state index contributed by atoms with van der Waals surface area (Å²) < 4.78 is 4.40. The Hall–Kier alpha value is -0.650. The summed E-state index contributed by atoms with van der Waals surface area (Å²) in [5.74, 6) is -0.459. The zero-order chi connectivity index (χ0) is 9.56. The first kappa shape index (κ1) is 11.4. The van der Waals surface area contributed by atoms with Crippen LogP contribution in [0.3, 0.4) is 0 Å². The van der Waals surface area contributed by atoms with Gasteiger partial charge in [-0.2, -0.15) is 0 Å². The molecule has 12 heavy (non-hydrogen) atoms. The summed E-state index contributed by atoms with van der Waals surface area (Å²) in [6, 6.07) is -0.656. The standard InChI is InChI=1S/C7H16N2O3/c1-12-7(11)6(9)3-2-5(10)4-8/h5-6,10H,2-4,8-9H2,1H3/t5-,6+/m1/s1. The highest BCUT2D eigenvalue weighted by Crippen LogP contribution is 1.99. The maximum absolute atomic E-state index is 10.8. The summed E-state index contributed by atoms with van der Waals surface area (Å²) in [6.45, 7) is 0.188. The van der Waals surface area contributed by atoms with Crippen LogP contribution < -0.4 is 11.5 Å². The van der Waals surface area contributed by atoms with E-state index in [0.29, 0.717) is 12.8 Å². The van der Waals surface area contributed by atoms with Crippen LogP contribution >= 0.6 is 0 Å². The van der Waals surface area contributed by atoms with Crippen LogP contribution in [-0.4, -0.2) is 36.9 Å². The van der Waals surface area contributed by atoms with Crippen LogP contribution in [0, 0.1) is 0 Å². The first-order valence-corrected chi connectivity index (χ1v) is 3.83. The minimum absolute atomic E-state index is 0.188. The lowest BCUT2D eigenvalue weighted by Crippen LogP contribution is -2.33. The first-order chi connectivity index (χ1) is 5.61. The average Bonchev–Trinajstić information content (AvgIpc) is 2.11. The second-order valence-corrected chi connectivity index (χ2v) is 2.60. The van der Waals surface area contributed by atoms with Crippen LogP contribution in [0.25, 0.3) is 0 Å². The third kappa shape index (κ3) is 4.27. The number of methoxy groups -OCH3 is 1. The summed E-state index contributed by atoms with van der Waals surface area (Å²) in [5.41, 5.74) is 10.6. The van der Waals surface area contributed by atoms with Gasteiger partial charge in [0.05, 0.1) is 13.2 Å². The molecule has 0 aromatic rings. The van der Waals surface area contributed by atoms with E-state index in [1.807, 2.05) is 0 Å². The molecule has 0 spiro atoms. The number of hydrogen-bond donors (Lipinski definition) is 3. The number of carbonyl (C=O) groups excluding carboxylic acids is 1. The lowest BCUT2D eigenvalue weighted by molar-refractivity contribution is -0.142. The number of carbonyl (C=O) groups is 1. The molecule has 72 valence electrons. The van der Waals surface area contributed by atoms with E-state index in [4.69, 9.17) is 16.6 Å². The fraction of sp³-hybridized carbons (Fsp3) is 0.857. The summed E-state index contributed by atoms with van der Waals surface area (Å²) in [5, 5.41) is 9.03. The Balaban J connectivity index is 3.56. The number of aliphatic hydroxyl groups excluding tert-OH is 1. The van der Waals surface area contributed by atoms with Gasteiger partial charge in [0.1, 0.15) is 6.04 Å². The molecule has 0 bridgehead atoms. The van der Waals surface area contributed by atoms with Crippen molar-refractivity contribution in [2.24, 2.45) is 11.5 Å². The highest BCUT2D eigenvalue weighted by atomic mass is 16.5. The van der Waals surface area contributed by atoms with Crippen molar-refractivity contribution in [3.63, 3.8) is 0 Å². The second kappa shape index (κ2) is 5.93. The molecule has 0 saturated heterocycles. The van der Waals surface area contributed by atoms with Crippen molar-refractivity contribution >= 4 is 5.97 Å². The molecule has 0 aliphatic heterocycles. The van der Waals surface area contributed by atoms with E-state index in [0.717, 1.165) is 0 Å². The van der Waals surface area contributed by atoms with Gasteiger partial charge in [-0.3, -0.25) is 4.79 Å². The van der Waals surface area contributed by atoms with Crippen molar-refractivity contribution in [1.82, 2.24) is 0 Å². The van der Waals surface area contributed by atoms with Crippen molar-refractivity contribution < 1.29 is 14.6 Å². The molecule has 0 unspecified atom stereocenters. The van der Waals surface area contributed by atoms with E-state index < -0.39 is 18.1 Å². The molecule has 0 rings (SSSR count). The van der Waals surface area contributed by atoms with Crippen LogP contribution in [0.1, 0.15) is 12.8 Å². The fourth-order valence-corrected chi connectivity index (χ4v) is 0.759. The third-order valence-corrected chi connectivity index (χ3v) is 1.59. The Bertz CT molecular complexity index is 141. The van der Waals surface area contributed by atoms with E-state index >= 15 is 0 Å². The molecule has 5 nitrogen and oxygen atoms in total. The molecule has 2 atom stereocenters. The highest BCUT2D eigenvalue weighted by Gasteiger charge is 2.14. The first-order valence-electron chi connectivity index (χ1n) is 3.83. The minimum atomic E-state index is -0.656. The Morgan fingerprint density at radius 2 is 2.17 bits per heavy atom. The lowest BCUT2D eigenvalue weighted by atomic mass is 10.1. The monoisotopic (exact) mass is 176 g/mol. The van der Waals surface area contributed by atoms with E-state index in [-0.39, 0.29) is 6.54 Å². The van der Waals surface area contributed by atoms with Gasteiger partial charge < -0.3 is 21.3 Å². The van der Waals surface area contributed by atoms with Crippen molar-refractivity contribution in [3.8, 4) is 0 Å². The Kier molecular flexibility index (Phi) is 5.61. The Morgan fingerprint density at radius 3 is 2.58 bits per heavy atom. The number of esters is 1. The zero-order valence-electron chi connectivity index (χ0n) is 7.19. The molecule has 0 fully saturated rings. The van der Waals surface area contributed by atoms with Crippen LogP contribution in [-0.2, 0) is 9.53 Å². The Labute approximate surface area is 71.7 Å². The van der Waals surface area contributed by atoms with Crippen LogP contribution in [0.4, 0.5) is 0 Å². The zero-order valence-corrected chi connectivity index (χ0v) is 7.19. The van der Waals surface area contributed by atoms with Gasteiger partial charge in [0, 0.05) is 6.54 Å². The predicted octanol–water partition coefficient (Wildman–Crippen LogP) is -1.41. The summed E-state index contributed by atoms with van der Waals surface area (Å²) >= 11 is 0. The maximum Gasteiger partial charge on any atom is 0.322 e. The Morgan fingerprint density at radius 1 is 1.58 bits per heavy atom. The largest absolute Gasteiger partial charge is 0.468 e. The van der Waals surface area contributed by atoms with Gasteiger partial charge in [0.15, 0.2) is 0 Å². The van der Waals surface area contributed by atoms with Gasteiger partial charge in [-0.1, -0.05) is 0 Å². The summed E-state index contributed by atoms with van der Waals surface area (Å²) in [7, 11) is 1.28. The fourth-order valence-electron chi connectivity index (χ4n) is 0.759. The molecule has 5 heteroatoms. The normalized spacial score (nSPS) is 15.3. The van der Waals surface area contributed by atoms with Gasteiger partial charge in [0.25, 0.3) is 0 Å². The number of rotatable bonds is 5. The van der Waals surface area contributed by atoms with Crippen molar-refractivity contribution in [1.29, 1.82) is 0 Å². The van der Waals surface area contributed by atoms with Crippen molar-refractivity contribution in [3.05, 3.63) is 0 Å². The van der Waals surface area contributed by atoms with Gasteiger partial charge in [-0.05, 0) is 12.8 Å². The predicted molar refractivity (Wildman–Crippen MR) is 44.3 cm³/mol. The van der Waals surface area contributed by atoms with Gasteiger partial charge in [0.2, 0.25) is 0 Å². The van der Waals surface area contributed by atoms with Gasteiger partial charge in [-0.25, -0.2) is 0 Å². The molecule has 0 aromatic heterocycles. The number of hydrogen-bond acceptors (Lipinski definition) is 5. The van der Waals surface area contributed by atoms with Crippen molar-refractivity contribution in [2.75, 3.05) is 13.7 Å². The molecule has 5 N–H and O–H groups in total. The maximum atomic E-state index is 10.8. The molecule has 0 aliphatic rings. The number of nitrogens with two attached hydrogens (primary N) is 2. The van der Waals surface area contributed by atoms with Crippen LogP contribution in [0.5, 0.6) is 0 Å². The summed E-state index contributed by atoms with van der Waals surface area (Å²) in [4.78, 5) is 10.8. The molecular formula is C7H16N2O3. The molecule has 0 amide bonds. The van der Waals surface area contributed by atoms with Crippen LogP contribution in [0.15, 0.2) is 0 Å². The average molecular weight is 176 g/mol. The topological polar surface area (TPSA) is 98.6 Å². The SMILES string of the molecule is COC(=O)[C@@H](N)CC[C@@H](O)CN. The molecule has 0 aliphatic carbocycles. The molecule has 0 aromatic carbocycles. The quantitative estimate of drug-likeness (QED) is 0.447. The molecule has 0 saturated carbocycles. The van der Waals surface area contributed by atoms with E-state index in [9.17, 15) is 4.79 Å². The van der Waals surface area contributed by atoms with E-state index in [2.05, 4.69) is 4.74 Å². The molecule has 0 radical (unpaired) electrons. The van der Waals surface area contributed by atoms with Gasteiger partial charge in [-0.15, -0.1) is 0 Å². The second-order valence-electron chi connectivity index (χ2n) is 2.60. The highest BCUT2D eigenvalue weighted by molar-refractivity contribution is 5.75. The van der Waals surface area contributed by atoms with Crippen LogP contribution in [0.2, 0.25) is 0 Å². The smallest absolute Gasteiger partial charge is 0.322 e. The minimum Gasteiger partial charge on any atom is -0.468 e. The number of aliphatic hydroxyl groups is 1. The van der Waals surface area contributed by atoms with E-state index in [1.54, 1.807) is 0 Å². The third-order valence-electron chi connectivity index (χ3n) is 1.59. The molecule has 0 heterocycles.